The molecule has 0 aromatic carbocycles. The van der Waals surface area contributed by atoms with Crippen molar-refractivity contribution < 1.29 is 4.92 Å². The number of aromatic nitrogens is 2. The molecule has 1 aromatic rings. The quantitative estimate of drug-likeness (QED) is 0.258. The fraction of sp³-hybridized carbons (Fsp3) is 0.692. The highest BCUT2D eigenvalue weighted by atomic mass is 32.2. The third-order valence-electron chi connectivity index (χ3n) is 2.88. The molecule has 0 aliphatic carbocycles. The highest BCUT2D eigenvalue weighted by Gasteiger charge is 2.26. The molecule has 20 heavy (non-hydrogen) atoms. The van der Waals surface area contributed by atoms with Gasteiger partial charge < -0.3 is 5.32 Å². The molecule has 0 radical (unpaired) electrons. The summed E-state index contributed by atoms with van der Waals surface area (Å²) in [6.45, 7) is 6.62. The smallest absolute Gasteiger partial charge is 0.332 e. The first-order valence-corrected chi connectivity index (χ1v) is 8.07. The number of rotatable bonds is 8. The summed E-state index contributed by atoms with van der Waals surface area (Å²) < 4.78 is 0. The van der Waals surface area contributed by atoms with E-state index in [1.807, 2.05) is 20.1 Å². The molecular formula is C13H22N4O2S. The van der Waals surface area contributed by atoms with Crippen molar-refractivity contribution in [3.63, 3.8) is 0 Å². The first-order valence-electron chi connectivity index (χ1n) is 6.85. The Balaban J connectivity index is 3.10. The van der Waals surface area contributed by atoms with Crippen molar-refractivity contribution in [3.8, 4) is 0 Å². The normalized spacial score (nSPS) is 10.8. The molecular weight excluding hydrogens is 276 g/mol. The van der Waals surface area contributed by atoms with Gasteiger partial charge in [-0.1, -0.05) is 45.4 Å². The van der Waals surface area contributed by atoms with Gasteiger partial charge in [-0.15, -0.1) is 0 Å². The first kappa shape index (κ1) is 16.7. The number of hydrogen-bond donors (Lipinski definition) is 1. The summed E-state index contributed by atoms with van der Waals surface area (Å²) in [4.78, 5) is 19.5. The summed E-state index contributed by atoms with van der Waals surface area (Å²) in [5, 5.41) is 15.0. The summed E-state index contributed by atoms with van der Waals surface area (Å²) in [6, 6.07) is 0. The van der Waals surface area contributed by atoms with E-state index in [1.165, 1.54) is 11.8 Å². The zero-order valence-corrected chi connectivity index (χ0v) is 13.3. The van der Waals surface area contributed by atoms with Crippen LogP contribution in [-0.4, -0.2) is 27.7 Å². The molecule has 0 unspecified atom stereocenters. The van der Waals surface area contributed by atoms with Crippen LogP contribution in [0.5, 0.6) is 0 Å². The van der Waals surface area contributed by atoms with Crippen LogP contribution in [-0.2, 0) is 0 Å². The number of nitro groups is 1. The molecule has 1 aromatic heterocycles. The van der Waals surface area contributed by atoms with Gasteiger partial charge in [0.25, 0.3) is 0 Å². The van der Waals surface area contributed by atoms with Crippen molar-refractivity contribution in [2.24, 2.45) is 0 Å². The van der Waals surface area contributed by atoms with E-state index >= 15 is 0 Å². The third-order valence-corrected chi connectivity index (χ3v) is 3.42. The van der Waals surface area contributed by atoms with Gasteiger partial charge in [-0.05, 0) is 12.7 Å². The van der Waals surface area contributed by atoms with Gasteiger partial charge >= 0.3 is 5.69 Å². The summed E-state index contributed by atoms with van der Waals surface area (Å²) in [5.41, 5.74) is 0.502. The number of nitrogens with zero attached hydrogens (tertiary/aromatic N) is 3. The van der Waals surface area contributed by atoms with Crippen LogP contribution in [0.1, 0.15) is 51.6 Å². The summed E-state index contributed by atoms with van der Waals surface area (Å²) in [7, 11) is 0. The standard InChI is InChI=1S/C13H22N4O2S/c1-5-6-7-8-14-12-11(17(18)19)10(9(2)3)15-13(16-12)20-4/h9H,5-8H2,1-4H3,(H,14,15,16). The maximum absolute atomic E-state index is 11.3. The van der Waals surface area contributed by atoms with Crippen molar-refractivity contribution in [1.29, 1.82) is 0 Å². The van der Waals surface area contributed by atoms with Crippen molar-refractivity contribution in [3.05, 3.63) is 15.8 Å². The highest BCUT2D eigenvalue weighted by molar-refractivity contribution is 7.98. The van der Waals surface area contributed by atoms with Crippen LogP contribution in [0.15, 0.2) is 5.16 Å². The molecule has 7 heteroatoms. The SMILES string of the molecule is CCCCCNc1nc(SC)nc(C(C)C)c1[N+](=O)[O-]. The second-order valence-corrected chi connectivity index (χ2v) is 5.61. The Hall–Kier alpha value is -1.37. The van der Waals surface area contributed by atoms with E-state index in [2.05, 4.69) is 22.2 Å². The van der Waals surface area contributed by atoms with Crippen molar-refractivity contribution >= 4 is 23.3 Å². The van der Waals surface area contributed by atoms with E-state index in [1.54, 1.807) is 0 Å². The van der Waals surface area contributed by atoms with Crippen LogP contribution in [0.3, 0.4) is 0 Å². The second-order valence-electron chi connectivity index (χ2n) is 4.84. The lowest BCUT2D eigenvalue weighted by molar-refractivity contribution is -0.385. The first-order chi connectivity index (χ1) is 9.51. The summed E-state index contributed by atoms with van der Waals surface area (Å²) in [5.74, 6) is 0.328. The third kappa shape index (κ3) is 4.33. The topological polar surface area (TPSA) is 81.0 Å². The number of hydrogen-bond acceptors (Lipinski definition) is 6. The maximum atomic E-state index is 11.3. The average molecular weight is 298 g/mol. The van der Waals surface area contributed by atoms with Crippen LogP contribution >= 0.6 is 11.8 Å². The fourth-order valence-electron chi connectivity index (χ4n) is 1.83. The van der Waals surface area contributed by atoms with Crippen molar-refractivity contribution in [2.45, 2.75) is 51.1 Å². The van der Waals surface area contributed by atoms with Crippen LogP contribution in [0.2, 0.25) is 0 Å². The molecule has 112 valence electrons. The van der Waals surface area contributed by atoms with Crippen molar-refractivity contribution in [2.75, 3.05) is 18.1 Å². The Labute approximate surface area is 123 Å². The Morgan fingerprint density at radius 2 is 2.05 bits per heavy atom. The zero-order chi connectivity index (χ0) is 15.1. The number of unbranched alkanes of at least 4 members (excludes halogenated alkanes) is 2. The fourth-order valence-corrected chi connectivity index (χ4v) is 2.20. The number of anilines is 1. The molecule has 0 spiro atoms. The lowest BCUT2D eigenvalue weighted by atomic mass is 10.1. The van der Waals surface area contributed by atoms with Crippen LogP contribution in [0.4, 0.5) is 11.5 Å². The lowest BCUT2D eigenvalue weighted by Crippen LogP contribution is -2.11. The van der Waals surface area contributed by atoms with Gasteiger partial charge in [0.1, 0.15) is 5.69 Å². The summed E-state index contributed by atoms with van der Waals surface area (Å²) >= 11 is 1.39. The van der Waals surface area contributed by atoms with E-state index in [4.69, 9.17) is 0 Å². The van der Waals surface area contributed by atoms with Gasteiger partial charge in [-0.25, -0.2) is 4.98 Å². The molecule has 1 N–H and O–H groups in total. The van der Waals surface area contributed by atoms with Gasteiger partial charge in [0.15, 0.2) is 5.16 Å². The predicted molar refractivity (Wildman–Crippen MR) is 82.6 cm³/mol. The van der Waals surface area contributed by atoms with Crippen LogP contribution in [0.25, 0.3) is 0 Å². The largest absolute Gasteiger partial charge is 0.364 e. The van der Waals surface area contributed by atoms with Gasteiger partial charge in [-0.2, -0.15) is 4.98 Å². The second kappa shape index (κ2) is 8.04. The molecule has 0 aliphatic heterocycles. The minimum Gasteiger partial charge on any atom is -0.364 e. The molecule has 0 saturated heterocycles. The molecule has 1 heterocycles. The number of nitrogens with one attached hydrogen (secondary N) is 1. The lowest BCUT2D eigenvalue weighted by Gasteiger charge is -2.12. The molecule has 6 nitrogen and oxygen atoms in total. The van der Waals surface area contributed by atoms with Crippen LogP contribution < -0.4 is 5.32 Å². The van der Waals surface area contributed by atoms with Crippen molar-refractivity contribution in [1.82, 2.24) is 9.97 Å². The highest BCUT2D eigenvalue weighted by Crippen LogP contribution is 2.32. The molecule has 0 amide bonds. The molecule has 0 saturated carbocycles. The van der Waals surface area contributed by atoms with E-state index in [-0.39, 0.29) is 16.5 Å². The maximum Gasteiger partial charge on any atom is 0.332 e. The van der Waals surface area contributed by atoms with E-state index in [0.717, 1.165) is 19.3 Å². The Morgan fingerprint density at radius 3 is 2.55 bits per heavy atom. The van der Waals surface area contributed by atoms with E-state index in [0.29, 0.717) is 23.2 Å². The molecule has 0 fully saturated rings. The molecule has 0 atom stereocenters. The van der Waals surface area contributed by atoms with E-state index in [9.17, 15) is 10.1 Å². The van der Waals surface area contributed by atoms with Gasteiger partial charge in [0, 0.05) is 12.5 Å². The average Bonchev–Trinajstić information content (AvgIpc) is 2.42. The Kier molecular flexibility index (Phi) is 6.70. The summed E-state index contributed by atoms with van der Waals surface area (Å²) in [6.07, 6.45) is 5.05. The minimum absolute atomic E-state index is 0.00861. The molecule has 0 aliphatic rings. The predicted octanol–water partition coefficient (Wildman–Crippen LogP) is 3.83. The Bertz CT molecular complexity index is 466. The van der Waals surface area contributed by atoms with Crippen LogP contribution in [0, 0.1) is 10.1 Å². The van der Waals surface area contributed by atoms with E-state index < -0.39 is 0 Å². The monoisotopic (exact) mass is 298 g/mol. The molecule has 1 rings (SSSR count). The Morgan fingerprint density at radius 1 is 1.35 bits per heavy atom. The van der Waals surface area contributed by atoms with Gasteiger partial charge in [0.2, 0.25) is 5.82 Å². The van der Waals surface area contributed by atoms with Gasteiger partial charge in [-0.3, -0.25) is 10.1 Å². The molecule has 0 bridgehead atoms. The zero-order valence-electron chi connectivity index (χ0n) is 12.5. The van der Waals surface area contributed by atoms with Gasteiger partial charge in [0.05, 0.1) is 4.92 Å². The minimum atomic E-state index is -0.387. The number of thioether (sulfide) groups is 1.